The first kappa shape index (κ1) is 22.8. The molecular formula is C19H33IN4O2. The second kappa shape index (κ2) is 13.0. The number of fused-ring (bicyclic) bond motifs is 1. The highest BCUT2D eigenvalue weighted by Gasteiger charge is 2.11. The molecule has 0 saturated carbocycles. The SMILES string of the molecule is CCN(CC)CCCCNC(=NC)Nc1ccc2c(c1)OCCCO2.I. The first-order valence-corrected chi connectivity index (χ1v) is 9.36. The van der Waals surface area contributed by atoms with Gasteiger partial charge in [0.05, 0.1) is 13.2 Å². The summed E-state index contributed by atoms with van der Waals surface area (Å²) in [5.74, 6) is 2.37. The van der Waals surface area contributed by atoms with E-state index in [9.17, 15) is 0 Å². The lowest BCUT2D eigenvalue weighted by atomic mass is 10.2. The van der Waals surface area contributed by atoms with Crippen LogP contribution in [0, 0.1) is 0 Å². The van der Waals surface area contributed by atoms with Crippen molar-refractivity contribution in [3.8, 4) is 11.5 Å². The van der Waals surface area contributed by atoms with Crippen molar-refractivity contribution in [2.45, 2.75) is 33.1 Å². The average molecular weight is 476 g/mol. The van der Waals surface area contributed by atoms with Gasteiger partial charge in [0, 0.05) is 31.8 Å². The van der Waals surface area contributed by atoms with E-state index in [2.05, 4.69) is 34.4 Å². The van der Waals surface area contributed by atoms with Crippen molar-refractivity contribution < 1.29 is 9.47 Å². The Hall–Kier alpha value is -1.22. The Morgan fingerprint density at radius 2 is 1.85 bits per heavy atom. The van der Waals surface area contributed by atoms with Gasteiger partial charge in [-0.05, 0) is 44.6 Å². The Morgan fingerprint density at radius 1 is 1.12 bits per heavy atom. The fourth-order valence-electron chi connectivity index (χ4n) is 2.76. The number of hydrogen-bond acceptors (Lipinski definition) is 4. The van der Waals surface area contributed by atoms with Crippen LogP contribution in [0.1, 0.15) is 33.1 Å². The van der Waals surface area contributed by atoms with E-state index in [0.29, 0.717) is 13.2 Å². The Balaban J connectivity index is 0.00000338. The van der Waals surface area contributed by atoms with Gasteiger partial charge < -0.3 is 25.0 Å². The average Bonchev–Trinajstić information content (AvgIpc) is 2.88. The van der Waals surface area contributed by atoms with E-state index < -0.39 is 0 Å². The van der Waals surface area contributed by atoms with Crippen molar-refractivity contribution in [1.82, 2.24) is 10.2 Å². The predicted octanol–water partition coefficient (Wildman–Crippen LogP) is 3.58. The van der Waals surface area contributed by atoms with Gasteiger partial charge in [-0.2, -0.15) is 0 Å². The van der Waals surface area contributed by atoms with Crippen LogP contribution < -0.4 is 20.1 Å². The minimum atomic E-state index is 0. The Kier molecular flexibility index (Phi) is 11.4. The smallest absolute Gasteiger partial charge is 0.195 e. The summed E-state index contributed by atoms with van der Waals surface area (Å²) in [6, 6.07) is 5.90. The van der Waals surface area contributed by atoms with Gasteiger partial charge in [-0.15, -0.1) is 24.0 Å². The van der Waals surface area contributed by atoms with Gasteiger partial charge in [-0.1, -0.05) is 13.8 Å². The molecule has 1 aliphatic heterocycles. The van der Waals surface area contributed by atoms with E-state index in [-0.39, 0.29) is 24.0 Å². The van der Waals surface area contributed by atoms with Gasteiger partial charge in [-0.25, -0.2) is 0 Å². The second-order valence-electron chi connectivity index (χ2n) is 6.07. The maximum Gasteiger partial charge on any atom is 0.195 e. The molecule has 26 heavy (non-hydrogen) atoms. The molecule has 0 spiro atoms. The molecule has 2 N–H and O–H groups in total. The molecule has 0 bridgehead atoms. The van der Waals surface area contributed by atoms with Crippen LogP contribution in [0.15, 0.2) is 23.2 Å². The van der Waals surface area contributed by atoms with Crippen molar-refractivity contribution in [2.75, 3.05) is 51.8 Å². The zero-order valence-corrected chi connectivity index (χ0v) is 18.5. The van der Waals surface area contributed by atoms with Crippen LogP contribution in [0.25, 0.3) is 0 Å². The fourth-order valence-corrected chi connectivity index (χ4v) is 2.76. The molecule has 0 aliphatic carbocycles. The molecule has 0 unspecified atom stereocenters. The van der Waals surface area contributed by atoms with E-state index in [1.807, 2.05) is 18.2 Å². The van der Waals surface area contributed by atoms with Gasteiger partial charge in [-0.3, -0.25) is 4.99 Å². The summed E-state index contributed by atoms with van der Waals surface area (Å²) in [6.07, 6.45) is 3.22. The van der Waals surface area contributed by atoms with Crippen molar-refractivity contribution in [3.05, 3.63) is 18.2 Å². The molecular weight excluding hydrogens is 443 g/mol. The highest BCUT2D eigenvalue weighted by atomic mass is 127. The number of nitrogens with one attached hydrogen (secondary N) is 2. The number of ether oxygens (including phenoxy) is 2. The number of anilines is 1. The molecule has 0 atom stereocenters. The third-order valence-corrected chi connectivity index (χ3v) is 4.32. The molecule has 1 heterocycles. The van der Waals surface area contributed by atoms with E-state index in [1.54, 1.807) is 7.05 Å². The summed E-state index contributed by atoms with van der Waals surface area (Å²) in [5.41, 5.74) is 0.945. The van der Waals surface area contributed by atoms with Crippen molar-refractivity contribution in [1.29, 1.82) is 0 Å². The molecule has 0 amide bonds. The summed E-state index contributed by atoms with van der Waals surface area (Å²) in [5, 5.41) is 6.68. The van der Waals surface area contributed by atoms with Gasteiger partial charge in [0.1, 0.15) is 0 Å². The lowest BCUT2D eigenvalue weighted by molar-refractivity contribution is 0.297. The Bertz CT molecular complexity index is 550. The number of rotatable bonds is 8. The third-order valence-electron chi connectivity index (χ3n) is 4.32. The molecule has 7 heteroatoms. The monoisotopic (exact) mass is 476 g/mol. The minimum Gasteiger partial charge on any atom is -0.490 e. The molecule has 0 fully saturated rings. The summed E-state index contributed by atoms with van der Waals surface area (Å²) < 4.78 is 11.4. The molecule has 0 saturated heterocycles. The number of nitrogens with zero attached hydrogens (tertiary/aromatic N) is 2. The molecule has 148 valence electrons. The lowest BCUT2D eigenvalue weighted by Crippen LogP contribution is -2.32. The minimum absolute atomic E-state index is 0. The number of aliphatic imine (C=N–C) groups is 1. The van der Waals surface area contributed by atoms with E-state index in [1.165, 1.54) is 6.42 Å². The molecule has 1 aliphatic rings. The van der Waals surface area contributed by atoms with Crippen LogP contribution in [0.4, 0.5) is 5.69 Å². The first-order chi connectivity index (χ1) is 12.3. The third kappa shape index (κ3) is 7.57. The van der Waals surface area contributed by atoms with Gasteiger partial charge in [0.15, 0.2) is 17.5 Å². The van der Waals surface area contributed by atoms with Gasteiger partial charge >= 0.3 is 0 Å². The van der Waals surface area contributed by atoms with E-state index in [0.717, 1.165) is 62.2 Å². The Labute approximate surface area is 174 Å². The number of unbranched alkanes of at least 4 members (excludes halogenated alkanes) is 1. The van der Waals surface area contributed by atoms with E-state index >= 15 is 0 Å². The van der Waals surface area contributed by atoms with Gasteiger partial charge in [0.2, 0.25) is 0 Å². The first-order valence-electron chi connectivity index (χ1n) is 9.36. The highest BCUT2D eigenvalue weighted by Crippen LogP contribution is 2.32. The zero-order chi connectivity index (χ0) is 17.9. The summed E-state index contributed by atoms with van der Waals surface area (Å²) >= 11 is 0. The second-order valence-corrected chi connectivity index (χ2v) is 6.07. The molecule has 2 rings (SSSR count). The van der Waals surface area contributed by atoms with Crippen molar-refractivity contribution >= 4 is 35.6 Å². The van der Waals surface area contributed by atoms with E-state index in [4.69, 9.17) is 9.47 Å². The highest BCUT2D eigenvalue weighted by molar-refractivity contribution is 14.0. The fraction of sp³-hybridized carbons (Fsp3) is 0.632. The van der Waals surface area contributed by atoms with Crippen LogP contribution in [0.2, 0.25) is 0 Å². The lowest BCUT2D eigenvalue weighted by Gasteiger charge is -2.18. The summed E-state index contributed by atoms with van der Waals surface area (Å²) in [6.45, 7) is 10.1. The maximum atomic E-state index is 5.73. The largest absolute Gasteiger partial charge is 0.490 e. The van der Waals surface area contributed by atoms with Crippen LogP contribution >= 0.6 is 24.0 Å². The predicted molar refractivity (Wildman–Crippen MR) is 119 cm³/mol. The normalized spacial score (nSPS) is 13.8. The summed E-state index contributed by atoms with van der Waals surface area (Å²) in [7, 11) is 1.79. The molecule has 1 aromatic rings. The van der Waals surface area contributed by atoms with Crippen molar-refractivity contribution in [2.24, 2.45) is 4.99 Å². The standard InChI is InChI=1S/C19H32N4O2.HI/c1-4-23(5-2)12-7-6-11-21-19(20-3)22-16-9-10-17-18(15-16)25-14-8-13-24-17;/h9-10,15H,4-8,11-14H2,1-3H3,(H2,20,21,22);1H. The number of hydrogen-bond donors (Lipinski definition) is 2. The topological polar surface area (TPSA) is 58.1 Å². The number of benzene rings is 1. The molecule has 1 aromatic carbocycles. The Morgan fingerprint density at radius 3 is 2.54 bits per heavy atom. The van der Waals surface area contributed by atoms with Crippen LogP contribution in [-0.2, 0) is 0 Å². The van der Waals surface area contributed by atoms with Crippen LogP contribution in [0.5, 0.6) is 11.5 Å². The van der Waals surface area contributed by atoms with Crippen molar-refractivity contribution in [3.63, 3.8) is 0 Å². The number of halogens is 1. The molecule has 0 aromatic heterocycles. The summed E-state index contributed by atoms with van der Waals surface area (Å²) in [4.78, 5) is 6.74. The quantitative estimate of drug-likeness (QED) is 0.260. The zero-order valence-electron chi connectivity index (χ0n) is 16.2. The van der Waals surface area contributed by atoms with Crippen LogP contribution in [-0.4, -0.2) is 57.3 Å². The maximum absolute atomic E-state index is 5.73. The molecule has 6 nitrogen and oxygen atoms in total. The molecule has 0 radical (unpaired) electrons. The van der Waals surface area contributed by atoms with Gasteiger partial charge in [0.25, 0.3) is 0 Å². The number of guanidine groups is 1. The van der Waals surface area contributed by atoms with Crippen LogP contribution in [0.3, 0.4) is 0 Å².